The topological polar surface area (TPSA) is 65.5 Å². The molecule has 0 amide bonds. The van der Waals surface area contributed by atoms with Crippen molar-refractivity contribution in [2.75, 3.05) is 13.2 Å². The third kappa shape index (κ3) is 3.48. The van der Waals surface area contributed by atoms with Crippen LogP contribution in [0.5, 0.6) is 0 Å². The maximum absolute atomic E-state index is 12.5. The monoisotopic (exact) mass is 291 g/mol. The molecule has 1 heterocycles. The molecule has 0 aromatic carbocycles. The molecule has 5 heteroatoms. The molecule has 0 aliphatic heterocycles. The van der Waals surface area contributed by atoms with Gasteiger partial charge in [-0.15, -0.1) is 6.58 Å². The van der Waals surface area contributed by atoms with Gasteiger partial charge >= 0.3 is 11.9 Å². The van der Waals surface area contributed by atoms with Crippen LogP contribution in [0.2, 0.25) is 0 Å². The fourth-order valence-corrected chi connectivity index (χ4v) is 2.06. The van der Waals surface area contributed by atoms with E-state index >= 15 is 0 Å². The first-order valence-electron chi connectivity index (χ1n) is 6.91. The van der Waals surface area contributed by atoms with Crippen molar-refractivity contribution in [1.82, 2.24) is 4.98 Å². The summed E-state index contributed by atoms with van der Waals surface area (Å²) < 4.78 is 10.2. The van der Waals surface area contributed by atoms with Crippen molar-refractivity contribution in [2.45, 2.75) is 32.6 Å². The first-order valence-corrected chi connectivity index (χ1v) is 6.91. The largest absolute Gasteiger partial charge is 0.465 e. The van der Waals surface area contributed by atoms with Crippen LogP contribution in [0, 0.1) is 6.92 Å². The lowest BCUT2D eigenvalue weighted by Gasteiger charge is -2.27. The lowest BCUT2D eigenvalue weighted by Crippen LogP contribution is -2.46. The summed E-state index contributed by atoms with van der Waals surface area (Å²) in [7, 11) is 0. The van der Waals surface area contributed by atoms with E-state index in [1.165, 1.54) is 6.08 Å². The van der Waals surface area contributed by atoms with E-state index in [2.05, 4.69) is 11.6 Å². The number of carbonyl (C=O) groups excluding carboxylic acids is 2. The van der Waals surface area contributed by atoms with Crippen molar-refractivity contribution >= 4 is 11.9 Å². The minimum Gasteiger partial charge on any atom is -0.465 e. The first-order chi connectivity index (χ1) is 10.0. The van der Waals surface area contributed by atoms with Gasteiger partial charge in [0.15, 0.2) is 0 Å². The van der Waals surface area contributed by atoms with E-state index in [4.69, 9.17) is 9.47 Å². The summed E-state index contributed by atoms with van der Waals surface area (Å²) in [5.74, 6) is -1.33. The van der Waals surface area contributed by atoms with Crippen LogP contribution in [0.1, 0.15) is 31.5 Å². The third-order valence-electron chi connectivity index (χ3n) is 3.05. The third-order valence-corrected chi connectivity index (χ3v) is 3.05. The van der Waals surface area contributed by atoms with Gasteiger partial charge in [0.1, 0.15) is 0 Å². The van der Waals surface area contributed by atoms with E-state index in [1.54, 1.807) is 32.2 Å². The molecular weight excluding hydrogens is 270 g/mol. The zero-order chi connectivity index (χ0) is 15.9. The standard InChI is InChI=1S/C16H21NO4/c1-5-9-16(14(18)20-6-2,15(19)21-7-3)13-11-12(4)8-10-17-13/h5,8,10-11H,1,6-7,9H2,2-4H3. The van der Waals surface area contributed by atoms with Crippen LogP contribution in [0.25, 0.3) is 0 Å². The second-order valence-electron chi connectivity index (χ2n) is 4.56. The van der Waals surface area contributed by atoms with Crippen LogP contribution in [-0.4, -0.2) is 30.1 Å². The average molecular weight is 291 g/mol. The zero-order valence-corrected chi connectivity index (χ0v) is 12.7. The number of aromatic nitrogens is 1. The Labute approximate surface area is 125 Å². The predicted molar refractivity (Wildman–Crippen MR) is 78.7 cm³/mol. The van der Waals surface area contributed by atoms with Gasteiger partial charge < -0.3 is 9.47 Å². The molecule has 0 radical (unpaired) electrons. The van der Waals surface area contributed by atoms with Gasteiger partial charge in [0.2, 0.25) is 5.41 Å². The van der Waals surface area contributed by atoms with Gasteiger partial charge in [-0.05, 0) is 44.9 Å². The molecule has 5 nitrogen and oxygen atoms in total. The van der Waals surface area contributed by atoms with Gasteiger partial charge in [0.25, 0.3) is 0 Å². The second kappa shape index (κ2) is 7.57. The van der Waals surface area contributed by atoms with E-state index in [0.717, 1.165) is 5.56 Å². The van der Waals surface area contributed by atoms with Crippen molar-refractivity contribution in [1.29, 1.82) is 0 Å². The predicted octanol–water partition coefficient (Wildman–Crippen LogP) is 2.33. The van der Waals surface area contributed by atoms with Crippen molar-refractivity contribution in [2.24, 2.45) is 0 Å². The number of esters is 2. The number of rotatable bonds is 7. The SMILES string of the molecule is C=CCC(C(=O)OCC)(C(=O)OCC)c1cc(C)ccn1. The molecule has 0 atom stereocenters. The number of aryl methyl sites for hydroxylation is 1. The highest BCUT2D eigenvalue weighted by molar-refractivity contribution is 6.06. The van der Waals surface area contributed by atoms with Crippen molar-refractivity contribution in [3.63, 3.8) is 0 Å². The molecule has 0 unspecified atom stereocenters. The van der Waals surface area contributed by atoms with Gasteiger partial charge in [0.05, 0.1) is 18.9 Å². The number of pyridine rings is 1. The number of carbonyl (C=O) groups is 2. The quantitative estimate of drug-likeness (QED) is 0.438. The number of nitrogens with zero attached hydrogens (tertiary/aromatic N) is 1. The molecule has 0 aliphatic carbocycles. The summed E-state index contributed by atoms with van der Waals surface area (Å²) >= 11 is 0. The van der Waals surface area contributed by atoms with Crippen molar-refractivity contribution in [3.8, 4) is 0 Å². The molecule has 0 aliphatic rings. The Morgan fingerprint density at radius 3 is 2.29 bits per heavy atom. The molecule has 1 aromatic heterocycles. The molecule has 0 N–H and O–H groups in total. The van der Waals surface area contributed by atoms with Crippen molar-refractivity contribution < 1.29 is 19.1 Å². The molecule has 0 bridgehead atoms. The van der Waals surface area contributed by atoms with Crippen LogP contribution >= 0.6 is 0 Å². The smallest absolute Gasteiger partial charge is 0.330 e. The van der Waals surface area contributed by atoms with E-state index in [9.17, 15) is 9.59 Å². The van der Waals surface area contributed by atoms with E-state index in [0.29, 0.717) is 5.69 Å². The lowest BCUT2D eigenvalue weighted by atomic mass is 9.80. The van der Waals surface area contributed by atoms with Crippen LogP contribution in [0.4, 0.5) is 0 Å². The Morgan fingerprint density at radius 1 is 1.29 bits per heavy atom. The molecule has 0 spiro atoms. The maximum Gasteiger partial charge on any atom is 0.330 e. The molecular formula is C16H21NO4. The van der Waals surface area contributed by atoms with Gasteiger partial charge in [-0.3, -0.25) is 14.6 Å². The van der Waals surface area contributed by atoms with Crippen LogP contribution in [0.15, 0.2) is 31.0 Å². The Morgan fingerprint density at radius 2 is 1.86 bits per heavy atom. The van der Waals surface area contributed by atoms with E-state index < -0.39 is 17.4 Å². The molecule has 1 aromatic rings. The Hall–Kier alpha value is -2.17. The highest BCUT2D eigenvalue weighted by Gasteiger charge is 2.51. The Balaban J connectivity index is 3.46. The minimum absolute atomic E-state index is 0.0706. The average Bonchev–Trinajstić information content (AvgIpc) is 2.45. The molecule has 0 saturated carbocycles. The number of allylic oxidation sites excluding steroid dienone is 1. The maximum atomic E-state index is 12.5. The van der Waals surface area contributed by atoms with Crippen molar-refractivity contribution in [3.05, 3.63) is 42.2 Å². The van der Waals surface area contributed by atoms with Crippen LogP contribution < -0.4 is 0 Å². The Bertz CT molecular complexity index is 507. The van der Waals surface area contributed by atoms with Gasteiger partial charge in [-0.1, -0.05) is 6.08 Å². The lowest BCUT2D eigenvalue weighted by molar-refractivity contribution is -0.165. The summed E-state index contributed by atoms with van der Waals surface area (Å²) in [5, 5.41) is 0. The van der Waals surface area contributed by atoms with E-state index in [-0.39, 0.29) is 19.6 Å². The van der Waals surface area contributed by atoms with Crippen LogP contribution in [-0.2, 0) is 24.5 Å². The molecule has 0 fully saturated rings. The minimum atomic E-state index is -1.60. The number of ether oxygens (including phenoxy) is 2. The summed E-state index contributed by atoms with van der Waals surface area (Å²) in [6.45, 7) is 9.21. The van der Waals surface area contributed by atoms with Gasteiger partial charge in [-0.25, -0.2) is 0 Å². The summed E-state index contributed by atoms with van der Waals surface area (Å²) in [6, 6.07) is 3.48. The Kier molecular flexibility index (Phi) is 6.09. The highest BCUT2D eigenvalue weighted by atomic mass is 16.6. The van der Waals surface area contributed by atoms with Gasteiger partial charge in [0, 0.05) is 6.20 Å². The van der Waals surface area contributed by atoms with Gasteiger partial charge in [-0.2, -0.15) is 0 Å². The van der Waals surface area contributed by atoms with E-state index in [1.807, 2.05) is 6.92 Å². The summed E-state index contributed by atoms with van der Waals surface area (Å²) in [5.41, 5.74) is -0.388. The fraction of sp³-hybridized carbons (Fsp3) is 0.438. The summed E-state index contributed by atoms with van der Waals surface area (Å²) in [4.78, 5) is 29.1. The number of hydrogen-bond acceptors (Lipinski definition) is 5. The fourth-order valence-electron chi connectivity index (χ4n) is 2.06. The number of hydrogen-bond donors (Lipinski definition) is 0. The second-order valence-corrected chi connectivity index (χ2v) is 4.56. The zero-order valence-electron chi connectivity index (χ0n) is 12.7. The summed E-state index contributed by atoms with van der Waals surface area (Å²) in [6.07, 6.45) is 3.12. The molecule has 21 heavy (non-hydrogen) atoms. The molecule has 1 rings (SSSR count). The first kappa shape index (κ1) is 16.9. The molecule has 114 valence electrons. The molecule has 0 saturated heterocycles. The highest BCUT2D eigenvalue weighted by Crippen LogP contribution is 2.31. The van der Waals surface area contributed by atoms with Crippen LogP contribution in [0.3, 0.4) is 0 Å². The normalized spacial score (nSPS) is 10.8.